The number of rotatable bonds is 7. The Labute approximate surface area is 123 Å². The standard InChI is InChI=1S/C14H21N3O4/c1-14(2,13(18)15-3)9-16-8-10-5-6-12(21-4)11(7-10)17(19)20/h5-7,16H,8-9H2,1-4H3,(H,15,18). The molecule has 7 heteroatoms. The molecule has 0 aliphatic heterocycles. The van der Waals surface area contributed by atoms with Gasteiger partial charge in [-0.1, -0.05) is 6.07 Å². The van der Waals surface area contributed by atoms with E-state index in [1.807, 2.05) is 13.8 Å². The summed E-state index contributed by atoms with van der Waals surface area (Å²) in [7, 11) is 2.99. The molecule has 0 spiro atoms. The number of nitro groups is 1. The molecule has 0 aliphatic rings. The van der Waals surface area contributed by atoms with Gasteiger partial charge in [-0.05, 0) is 25.5 Å². The lowest BCUT2D eigenvalue weighted by atomic mass is 9.92. The quantitative estimate of drug-likeness (QED) is 0.587. The first-order valence-corrected chi connectivity index (χ1v) is 6.56. The number of methoxy groups -OCH3 is 1. The Morgan fingerprint density at radius 3 is 2.62 bits per heavy atom. The molecule has 0 radical (unpaired) electrons. The van der Waals surface area contributed by atoms with E-state index in [2.05, 4.69) is 10.6 Å². The number of nitro benzene ring substituents is 1. The fourth-order valence-electron chi connectivity index (χ4n) is 1.93. The molecule has 0 aromatic heterocycles. The number of carbonyl (C=O) groups excluding carboxylic acids is 1. The minimum atomic E-state index is -0.548. The topological polar surface area (TPSA) is 93.5 Å². The Hall–Kier alpha value is -2.15. The second-order valence-electron chi connectivity index (χ2n) is 5.33. The Morgan fingerprint density at radius 1 is 1.43 bits per heavy atom. The Balaban J connectivity index is 2.71. The van der Waals surface area contributed by atoms with Gasteiger partial charge in [0, 0.05) is 26.2 Å². The summed E-state index contributed by atoms with van der Waals surface area (Å²) in [5.74, 6) is 0.171. The molecule has 0 aliphatic carbocycles. The van der Waals surface area contributed by atoms with Gasteiger partial charge in [-0.25, -0.2) is 0 Å². The van der Waals surface area contributed by atoms with Gasteiger partial charge in [0.25, 0.3) is 0 Å². The van der Waals surface area contributed by atoms with E-state index in [4.69, 9.17) is 4.74 Å². The third-order valence-corrected chi connectivity index (χ3v) is 3.18. The number of nitrogens with zero attached hydrogens (tertiary/aromatic N) is 1. The summed E-state index contributed by atoms with van der Waals surface area (Å²) in [6.07, 6.45) is 0. The number of benzene rings is 1. The number of amides is 1. The molecule has 0 saturated heterocycles. The van der Waals surface area contributed by atoms with Crippen LogP contribution < -0.4 is 15.4 Å². The SMILES string of the molecule is CNC(=O)C(C)(C)CNCc1ccc(OC)c([N+](=O)[O-])c1. The predicted octanol–water partition coefficient (Wildman–Crippen LogP) is 1.47. The molecule has 0 fully saturated rings. The Morgan fingerprint density at radius 2 is 2.10 bits per heavy atom. The zero-order valence-corrected chi connectivity index (χ0v) is 12.7. The number of ether oxygens (including phenoxy) is 1. The first-order chi connectivity index (χ1) is 9.81. The van der Waals surface area contributed by atoms with Gasteiger partial charge in [0.05, 0.1) is 17.4 Å². The first-order valence-electron chi connectivity index (χ1n) is 6.56. The molecule has 0 heterocycles. The van der Waals surface area contributed by atoms with E-state index in [0.717, 1.165) is 5.56 Å². The third kappa shape index (κ3) is 4.42. The number of hydrogen-bond acceptors (Lipinski definition) is 5. The molecule has 2 N–H and O–H groups in total. The van der Waals surface area contributed by atoms with Crippen molar-refractivity contribution in [3.05, 3.63) is 33.9 Å². The van der Waals surface area contributed by atoms with Gasteiger partial charge >= 0.3 is 5.69 Å². The van der Waals surface area contributed by atoms with E-state index in [1.165, 1.54) is 13.2 Å². The minimum absolute atomic E-state index is 0.0595. The molecule has 1 rings (SSSR count). The largest absolute Gasteiger partial charge is 0.490 e. The molecule has 21 heavy (non-hydrogen) atoms. The highest BCUT2D eigenvalue weighted by Crippen LogP contribution is 2.27. The maximum absolute atomic E-state index is 11.6. The highest BCUT2D eigenvalue weighted by atomic mass is 16.6. The van der Waals surface area contributed by atoms with Crippen molar-refractivity contribution in [1.29, 1.82) is 0 Å². The summed E-state index contributed by atoms with van der Waals surface area (Å²) in [4.78, 5) is 22.1. The molecule has 0 bridgehead atoms. The lowest BCUT2D eigenvalue weighted by Crippen LogP contribution is -2.41. The van der Waals surface area contributed by atoms with Crippen molar-refractivity contribution in [3.8, 4) is 5.75 Å². The van der Waals surface area contributed by atoms with Crippen LogP contribution in [0, 0.1) is 15.5 Å². The fourth-order valence-corrected chi connectivity index (χ4v) is 1.93. The van der Waals surface area contributed by atoms with Crippen LogP contribution >= 0.6 is 0 Å². The van der Waals surface area contributed by atoms with Crippen LogP contribution in [0.25, 0.3) is 0 Å². The van der Waals surface area contributed by atoms with Gasteiger partial charge < -0.3 is 15.4 Å². The zero-order valence-electron chi connectivity index (χ0n) is 12.7. The van der Waals surface area contributed by atoms with E-state index in [1.54, 1.807) is 19.2 Å². The van der Waals surface area contributed by atoms with Gasteiger partial charge in [-0.2, -0.15) is 0 Å². The second-order valence-corrected chi connectivity index (χ2v) is 5.33. The molecule has 1 amide bonds. The molecule has 116 valence electrons. The van der Waals surface area contributed by atoms with Crippen molar-refractivity contribution in [3.63, 3.8) is 0 Å². The van der Waals surface area contributed by atoms with E-state index in [-0.39, 0.29) is 17.3 Å². The third-order valence-electron chi connectivity index (χ3n) is 3.18. The monoisotopic (exact) mass is 295 g/mol. The van der Waals surface area contributed by atoms with Gasteiger partial charge in [0.15, 0.2) is 5.75 Å². The van der Waals surface area contributed by atoms with E-state index in [9.17, 15) is 14.9 Å². The average molecular weight is 295 g/mol. The molecule has 0 atom stereocenters. The van der Waals surface area contributed by atoms with Gasteiger partial charge in [-0.3, -0.25) is 14.9 Å². The van der Waals surface area contributed by atoms with E-state index >= 15 is 0 Å². The van der Waals surface area contributed by atoms with Crippen LogP contribution in [0.1, 0.15) is 19.4 Å². The lowest BCUT2D eigenvalue weighted by molar-refractivity contribution is -0.385. The molecule has 0 saturated carbocycles. The summed E-state index contributed by atoms with van der Waals surface area (Å²) in [6.45, 7) is 4.56. The Kier molecular flexibility index (Phi) is 5.66. The van der Waals surface area contributed by atoms with Gasteiger partial charge in [0.1, 0.15) is 0 Å². The summed E-state index contributed by atoms with van der Waals surface area (Å²) in [5.41, 5.74) is 0.144. The molecule has 1 aromatic carbocycles. The van der Waals surface area contributed by atoms with Crippen molar-refractivity contribution < 1.29 is 14.5 Å². The van der Waals surface area contributed by atoms with Gasteiger partial charge in [0.2, 0.25) is 5.91 Å². The maximum Gasteiger partial charge on any atom is 0.311 e. The first kappa shape index (κ1) is 16.9. The molecular weight excluding hydrogens is 274 g/mol. The van der Waals surface area contributed by atoms with Crippen LogP contribution in [0.2, 0.25) is 0 Å². The van der Waals surface area contributed by atoms with Crippen LogP contribution in [-0.2, 0) is 11.3 Å². The maximum atomic E-state index is 11.6. The number of hydrogen-bond donors (Lipinski definition) is 2. The highest BCUT2D eigenvalue weighted by Gasteiger charge is 2.26. The van der Waals surface area contributed by atoms with Crippen LogP contribution in [0.15, 0.2) is 18.2 Å². The summed E-state index contributed by atoms with van der Waals surface area (Å²) < 4.78 is 4.95. The molecular formula is C14H21N3O4. The van der Waals surface area contributed by atoms with Crippen LogP contribution in [-0.4, -0.2) is 31.5 Å². The summed E-state index contributed by atoms with van der Waals surface area (Å²) in [6, 6.07) is 4.80. The smallest absolute Gasteiger partial charge is 0.311 e. The second kappa shape index (κ2) is 7.03. The van der Waals surface area contributed by atoms with Crippen molar-refractivity contribution in [2.24, 2.45) is 5.41 Å². The van der Waals surface area contributed by atoms with Crippen molar-refractivity contribution in [2.45, 2.75) is 20.4 Å². The zero-order chi connectivity index (χ0) is 16.0. The fraction of sp³-hybridized carbons (Fsp3) is 0.500. The van der Waals surface area contributed by atoms with E-state index in [0.29, 0.717) is 13.1 Å². The lowest BCUT2D eigenvalue weighted by Gasteiger charge is -2.22. The van der Waals surface area contributed by atoms with Crippen LogP contribution in [0.4, 0.5) is 5.69 Å². The van der Waals surface area contributed by atoms with Crippen molar-refractivity contribution >= 4 is 11.6 Å². The predicted molar refractivity (Wildman–Crippen MR) is 79.2 cm³/mol. The molecule has 1 aromatic rings. The van der Waals surface area contributed by atoms with Crippen LogP contribution in [0.3, 0.4) is 0 Å². The summed E-state index contributed by atoms with van der Waals surface area (Å²) in [5, 5.41) is 16.7. The average Bonchev–Trinajstić information content (AvgIpc) is 2.45. The normalized spacial score (nSPS) is 11.0. The van der Waals surface area contributed by atoms with E-state index < -0.39 is 10.3 Å². The molecule has 0 unspecified atom stereocenters. The molecule has 7 nitrogen and oxygen atoms in total. The van der Waals surface area contributed by atoms with Crippen molar-refractivity contribution in [1.82, 2.24) is 10.6 Å². The highest BCUT2D eigenvalue weighted by molar-refractivity contribution is 5.81. The van der Waals surface area contributed by atoms with Crippen LogP contribution in [0.5, 0.6) is 5.75 Å². The van der Waals surface area contributed by atoms with Gasteiger partial charge in [-0.15, -0.1) is 0 Å². The minimum Gasteiger partial charge on any atom is -0.490 e. The van der Waals surface area contributed by atoms with Crippen molar-refractivity contribution in [2.75, 3.05) is 20.7 Å². The summed E-state index contributed by atoms with van der Waals surface area (Å²) >= 11 is 0. The number of carbonyl (C=O) groups is 1. The Bertz CT molecular complexity index is 529. The number of nitrogens with one attached hydrogen (secondary N) is 2.